The van der Waals surface area contributed by atoms with Gasteiger partial charge in [0.2, 0.25) is 10.0 Å². The second kappa shape index (κ2) is 6.47. The van der Waals surface area contributed by atoms with Crippen molar-refractivity contribution in [3.05, 3.63) is 22.7 Å². The van der Waals surface area contributed by atoms with Crippen LogP contribution in [0.5, 0.6) is 5.75 Å². The molecular weight excluding hydrogens is 370 g/mol. The number of hydrogen-bond donors (Lipinski definition) is 0. The topological polar surface area (TPSA) is 55.8 Å². The third-order valence-corrected chi connectivity index (χ3v) is 6.95. The Balaban J connectivity index is 1.92. The van der Waals surface area contributed by atoms with Gasteiger partial charge in [-0.3, -0.25) is 0 Å². The molecule has 1 aliphatic carbocycles. The molecule has 3 rings (SSSR count). The Morgan fingerprint density at radius 2 is 2.09 bits per heavy atom. The first-order chi connectivity index (χ1) is 10.5. The number of halogens is 1. The third-order valence-electron chi connectivity index (χ3n) is 4.41. The molecule has 1 aliphatic heterocycles. The number of nitrogens with zero attached hydrogens (tertiary/aromatic N) is 1. The molecule has 0 amide bonds. The Kier molecular flexibility index (Phi) is 4.77. The lowest BCUT2D eigenvalue weighted by Crippen LogP contribution is -2.54. The van der Waals surface area contributed by atoms with Crippen molar-refractivity contribution in [2.24, 2.45) is 0 Å². The normalized spacial score (nSPS) is 26.5. The van der Waals surface area contributed by atoms with Crippen molar-refractivity contribution in [3.8, 4) is 5.75 Å². The van der Waals surface area contributed by atoms with Crippen LogP contribution in [0, 0.1) is 0 Å². The summed E-state index contributed by atoms with van der Waals surface area (Å²) < 4.78 is 39.2. The number of benzene rings is 1. The van der Waals surface area contributed by atoms with Crippen LogP contribution in [0.15, 0.2) is 27.6 Å². The summed E-state index contributed by atoms with van der Waals surface area (Å²) in [7, 11) is -1.95. The van der Waals surface area contributed by atoms with Crippen LogP contribution in [0.3, 0.4) is 0 Å². The molecule has 0 radical (unpaired) electrons. The van der Waals surface area contributed by atoms with Crippen LogP contribution < -0.4 is 4.74 Å². The van der Waals surface area contributed by atoms with Crippen LogP contribution >= 0.6 is 15.9 Å². The quantitative estimate of drug-likeness (QED) is 0.797. The second-order valence-electron chi connectivity index (χ2n) is 5.67. The Bertz CT molecular complexity index is 647. The number of rotatable bonds is 3. The van der Waals surface area contributed by atoms with E-state index in [0.29, 0.717) is 28.3 Å². The molecule has 122 valence electrons. The molecule has 1 heterocycles. The molecule has 2 aliphatic rings. The first-order valence-corrected chi connectivity index (χ1v) is 9.74. The fourth-order valence-corrected chi connectivity index (χ4v) is 5.68. The lowest BCUT2D eigenvalue weighted by molar-refractivity contribution is -0.0586. The van der Waals surface area contributed by atoms with E-state index >= 15 is 0 Å². The fourth-order valence-electron chi connectivity index (χ4n) is 3.30. The number of methoxy groups -OCH3 is 1. The number of sulfonamides is 1. The predicted octanol–water partition coefficient (Wildman–Crippen LogP) is 2.79. The van der Waals surface area contributed by atoms with Crippen LogP contribution in [0.1, 0.15) is 25.7 Å². The number of fused-ring (bicyclic) bond motifs is 1. The first-order valence-electron chi connectivity index (χ1n) is 7.51. The van der Waals surface area contributed by atoms with Crippen molar-refractivity contribution < 1.29 is 17.9 Å². The average molecular weight is 390 g/mol. The Hall–Kier alpha value is -0.630. The third kappa shape index (κ3) is 2.91. The van der Waals surface area contributed by atoms with Gasteiger partial charge < -0.3 is 9.47 Å². The lowest BCUT2D eigenvalue weighted by atomic mass is 9.91. The minimum absolute atomic E-state index is 0.0339. The van der Waals surface area contributed by atoms with Gasteiger partial charge in [-0.2, -0.15) is 4.31 Å². The maximum Gasteiger partial charge on any atom is 0.243 e. The molecule has 1 aromatic carbocycles. The molecule has 5 nitrogen and oxygen atoms in total. The highest BCUT2D eigenvalue weighted by Crippen LogP contribution is 2.34. The summed E-state index contributed by atoms with van der Waals surface area (Å²) in [6.07, 6.45) is 4.04. The predicted molar refractivity (Wildman–Crippen MR) is 86.6 cm³/mol. The minimum Gasteiger partial charge on any atom is -0.496 e. The van der Waals surface area contributed by atoms with E-state index in [-0.39, 0.29) is 12.1 Å². The van der Waals surface area contributed by atoms with E-state index < -0.39 is 10.0 Å². The molecule has 0 aromatic heterocycles. The summed E-state index contributed by atoms with van der Waals surface area (Å²) in [5.74, 6) is 0.622. The summed E-state index contributed by atoms with van der Waals surface area (Å²) in [6, 6.07) is 4.86. The molecule has 2 fully saturated rings. The molecule has 22 heavy (non-hydrogen) atoms. The van der Waals surface area contributed by atoms with Crippen molar-refractivity contribution in [3.63, 3.8) is 0 Å². The van der Waals surface area contributed by atoms with E-state index in [1.165, 1.54) is 0 Å². The van der Waals surface area contributed by atoms with Gasteiger partial charge in [-0.25, -0.2) is 8.42 Å². The molecule has 0 N–H and O–H groups in total. The van der Waals surface area contributed by atoms with Crippen molar-refractivity contribution in [1.29, 1.82) is 0 Å². The highest BCUT2D eigenvalue weighted by atomic mass is 79.9. The largest absolute Gasteiger partial charge is 0.496 e. The van der Waals surface area contributed by atoms with E-state index in [1.807, 2.05) is 0 Å². The zero-order chi connectivity index (χ0) is 15.7. The van der Waals surface area contributed by atoms with E-state index in [2.05, 4.69) is 15.9 Å². The van der Waals surface area contributed by atoms with Crippen LogP contribution in [0.25, 0.3) is 0 Å². The highest BCUT2D eigenvalue weighted by Gasteiger charge is 2.40. The van der Waals surface area contributed by atoms with Gasteiger partial charge in [-0.05, 0) is 47.0 Å². The van der Waals surface area contributed by atoms with E-state index in [0.717, 1.165) is 25.7 Å². The maximum absolute atomic E-state index is 13.0. The Labute approximate surface area is 139 Å². The number of hydrogen-bond acceptors (Lipinski definition) is 4. The fraction of sp³-hybridized carbons (Fsp3) is 0.600. The van der Waals surface area contributed by atoms with Crippen LogP contribution in [-0.2, 0) is 14.8 Å². The monoisotopic (exact) mass is 389 g/mol. The van der Waals surface area contributed by atoms with Gasteiger partial charge in [-0.1, -0.05) is 12.8 Å². The van der Waals surface area contributed by atoms with E-state index in [1.54, 1.807) is 29.6 Å². The van der Waals surface area contributed by atoms with Gasteiger partial charge in [0.25, 0.3) is 0 Å². The van der Waals surface area contributed by atoms with Gasteiger partial charge in [0.1, 0.15) is 5.75 Å². The van der Waals surface area contributed by atoms with Crippen LogP contribution in [-0.4, -0.2) is 45.1 Å². The van der Waals surface area contributed by atoms with Crippen molar-refractivity contribution in [1.82, 2.24) is 4.31 Å². The van der Waals surface area contributed by atoms with Gasteiger partial charge in [0.05, 0.1) is 35.2 Å². The van der Waals surface area contributed by atoms with Crippen molar-refractivity contribution in [2.75, 3.05) is 20.3 Å². The highest BCUT2D eigenvalue weighted by molar-refractivity contribution is 9.10. The lowest BCUT2D eigenvalue weighted by Gasteiger charge is -2.42. The molecule has 1 saturated heterocycles. The molecule has 2 atom stereocenters. The Morgan fingerprint density at radius 1 is 1.32 bits per heavy atom. The standard InChI is InChI=1S/C15H20BrNO4S/c1-20-14-7-6-11(10-12(14)16)22(18,19)17-8-9-21-15-5-3-2-4-13(15)17/h6-7,10,13,15H,2-5,8-9H2,1H3/t13-,15-/m1/s1. The van der Waals surface area contributed by atoms with E-state index in [9.17, 15) is 8.42 Å². The Morgan fingerprint density at radius 3 is 2.82 bits per heavy atom. The van der Waals surface area contributed by atoms with E-state index in [4.69, 9.17) is 9.47 Å². The van der Waals surface area contributed by atoms with Gasteiger partial charge in [0, 0.05) is 6.54 Å². The molecule has 1 aromatic rings. The molecule has 7 heteroatoms. The summed E-state index contributed by atoms with van der Waals surface area (Å²) in [4.78, 5) is 0.298. The zero-order valence-electron chi connectivity index (χ0n) is 12.5. The average Bonchev–Trinajstić information content (AvgIpc) is 2.54. The molecule has 0 unspecified atom stereocenters. The smallest absolute Gasteiger partial charge is 0.243 e. The summed E-state index contributed by atoms with van der Waals surface area (Å²) in [5.41, 5.74) is 0. The number of morpholine rings is 1. The SMILES string of the molecule is COc1ccc(S(=O)(=O)N2CCO[C@@H]3CCCC[C@H]32)cc1Br. The first kappa shape index (κ1) is 16.2. The van der Waals surface area contributed by atoms with Gasteiger partial charge in [0.15, 0.2) is 0 Å². The molecule has 0 spiro atoms. The number of ether oxygens (including phenoxy) is 2. The zero-order valence-corrected chi connectivity index (χ0v) is 14.9. The minimum atomic E-state index is -3.51. The summed E-state index contributed by atoms with van der Waals surface area (Å²) in [5, 5.41) is 0. The molecule has 1 saturated carbocycles. The summed E-state index contributed by atoms with van der Waals surface area (Å²) in [6.45, 7) is 0.894. The molecular formula is C15H20BrNO4S. The van der Waals surface area contributed by atoms with Crippen LogP contribution in [0.4, 0.5) is 0 Å². The van der Waals surface area contributed by atoms with Gasteiger partial charge >= 0.3 is 0 Å². The second-order valence-corrected chi connectivity index (χ2v) is 8.42. The van der Waals surface area contributed by atoms with Gasteiger partial charge in [-0.15, -0.1) is 0 Å². The van der Waals surface area contributed by atoms with Crippen molar-refractivity contribution in [2.45, 2.75) is 42.7 Å². The van der Waals surface area contributed by atoms with Crippen LogP contribution in [0.2, 0.25) is 0 Å². The maximum atomic E-state index is 13.0. The van der Waals surface area contributed by atoms with Crippen molar-refractivity contribution >= 4 is 26.0 Å². The molecule has 0 bridgehead atoms. The summed E-state index contributed by atoms with van der Waals surface area (Å²) >= 11 is 3.36.